The largest absolute Gasteiger partial charge is 0.370 e. The molecule has 0 unspecified atom stereocenters. The number of H-pyrrole nitrogens is 1. The lowest BCUT2D eigenvalue weighted by Crippen LogP contribution is -2.40. The van der Waals surface area contributed by atoms with Gasteiger partial charge in [-0.25, -0.2) is 4.99 Å². The Bertz CT molecular complexity index is 546. The minimum absolute atomic E-state index is 0.622. The summed E-state index contributed by atoms with van der Waals surface area (Å²) in [5, 5.41) is 1.23. The molecule has 1 aliphatic heterocycles. The third-order valence-electron chi connectivity index (χ3n) is 3.68. The van der Waals surface area contributed by atoms with Gasteiger partial charge in [0.1, 0.15) is 0 Å². The van der Waals surface area contributed by atoms with Crippen LogP contribution in [0, 0.1) is 0 Å². The molecule has 3 rings (SSSR count). The average Bonchev–Trinajstić information content (AvgIpc) is 2.88. The van der Waals surface area contributed by atoms with Crippen LogP contribution in [0.5, 0.6) is 0 Å². The number of aliphatic imine (C=N–C) groups is 1. The number of para-hydroxylation sites is 1. The van der Waals surface area contributed by atoms with E-state index in [0.717, 1.165) is 24.3 Å². The number of piperidine rings is 1. The molecule has 100 valence electrons. The van der Waals surface area contributed by atoms with Gasteiger partial charge in [-0.2, -0.15) is 0 Å². The Morgan fingerprint density at radius 3 is 2.79 bits per heavy atom. The second-order valence-corrected chi connectivity index (χ2v) is 5.10. The van der Waals surface area contributed by atoms with Crippen molar-refractivity contribution in [1.29, 1.82) is 0 Å². The molecule has 0 atom stereocenters. The van der Waals surface area contributed by atoms with Crippen molar-refractivity contribution >= 4 is 16.9 Å². The van der Waals surface area contributed by atoms with Crippen LogP contribution < -0.4 is 5.73 Å². The molecule has 1 aromatic heterocycles. The Balaban J connectivity index is 1.70. The first kappa shape index (κ1) is 12.1. The Hall–Kier alpha value is -1.97. The molecule has 3 N–H and O–H groups in total. The third-order valence-corrected chi connectivity index (χ3v) is 3.68. The van der Waals surface area contributed by atoms with E-state index in [9.17, 15) is 0 Å². The van der Waals surface area contributed by atoms with Crippen molar-refractivity contribution in [3.63, 3.8) is 0 Å². The lowest BCUT2D eigenvalue weighted by Gasteiger charge is -2.27. The maximum absolute atomic E-state index is 6.05. The summed E-state index contributed by atoms with van der Waals surface area (Å²) < 4.78 is 0. The number of nitrogens with one attached hydrogen (secondary N) is 1. The van der Waals surface area contributed by atoms with E-state index in [1.807, 2.05) is 12.1 Å². The summed E-state index contributed by atoms with van der Waals surface area (Å²) in [5.74, 6) is 0.679. The highest BCUT2D eigenvalue weighted by Gasteiger charge is 2.11. The highest BCUT2D eigenvalue weighted by Crippen LogP contribution is 2.15. The summed E-state index contributed by atoms with van der Waals surface area (Å²) in [4.78, 5) is 10.1. The van der Waals surface area contributed by atoms with Gasteiger partial charge in [0.15, 0.2) is 5.96 Å². The minimum atomic E-state index is 0.622. The van der Waals surface area contributed by atoms with Gasteiger partial charge in [0.25, 0.3) is 0 Å². The van der Waals surface area contributed by atoms with Gasteiger partial charge >= 0.3 is 0 Å². The summed E-state index contributed by atoms with van der Waals surface area (Å²) in [6.45, 7) is 2.71. The summed E-state index contributed by atoms with van der Waals surface area (Å²) >= 11 is 0. The van der Waals surface area contributed by atoms with E-state index in [-0.39, 0.29) is 0 Å². The molecule has 0 amide bonds. The van der Waals surface area contributed by atoms with E-state index in [2.05, 4.69) is 33.1 Å². The van der Waals surface area contributed by atoms with Gasteiger partial charge in [0.05, 0.1) is 6.54 Å². The Morgan fingerprint density at radius 1 is 1.21 bits per heavy atom. The van der Waals surface area contributed by atoms with Crippen LogP contribution in [0.3, 0.4) is 0 Å². The standard InChI is InChI=1S/C15H20N4/c16-15(19-8-4-1-5-9-19)17-11-13-10-12-6-2-3-7-14(12)18-13/h2-3,6-7,10,18H,1,4-5,8-9,11H2,(H2,16,17). The number of guanidine groups is 1. The first-order valence-corrected chi connectivity index (χ1v) is 6.94. The molecule has 1 aromatic carbocycles. The molecule has 4 nitrogen and oxygen atoms in total. The van der Waals surface area contributed by atoms with Gasteiger partial charge < -0.3 is 15.6 Å². The van der Waals surface area contributed by atoms with Gasteiger partial charge in [0, 0.05) is 24.3 Å². The molecular formula is C15H20N4. The van der Waals surface area contributed by atoms with Crippen molar-refractivity contribution in [3.05, 3.63) is 36.0 Å². The highest BCUT2D eigenvalue weighted by molar-refractivity contribution is 5.81. The van der Waals surface area contributed by atoms with Crippen LogP contribution in [0.4, 0.5) is 0 Å². The van der Waals surface area contributed by atoms with E-state index in [1.165, 1.54) is 24.6 Å². The zero-order chi connectivity index (χ0) is 13.1. The van der Waals surface area contributed by atoms with Gasteiger partial charge in [-0.05, 0) is 36.8 Å². The average molecular weight is 256 g/mol. The number of rotatable bonds is 2. The molecule has 0 radical (unpaired) electrons. The minimum Gasteiger partial charge on any atom is -0.370 e. The fourth-order valence-electron chi connectivity index (χ4n) is 2.61. The highest BCUT2D eigenvalue weighted by atomic mass is 15.3. The quantitative estimate of drug-likeness (QED) is 0.640. The van der Waals surface area contributed by atoms with Crippen molar-refractivity contribution < 1.29 is 0 Å². The zero-order valence-electron chi connectivity index (χ0n) is 11.1. The molecule has 4 heteroatoms. The fourth-order valence-corrected chi connectivity index (χ4v) is 2.61. The van der Waals surface area contributed by atoms with E-state index in [1.54, 1.807) is 0 Å². The molecule has 1 fully saturated rings. The monoisotopic (exact) mass is 256 g/mol. The second kappa shape index (κ2) is 5.34. The van der Waals surface area contributed by atoms with Crippen molar-refractivity contribution in [1.82, 2.24) is 9.88 Å². The first-order valence-electron chi connectivity index (χ1n) is 6.94. The van der Waals surface area contributed by atoms with E-state index in [4.69, 9.17) is 5.73 Å². The predicted molar refractivity (Wildman–Crippen MR) is 79.0 cm³/mol. The third kappa shape index (κ3) is 2.72. The second-order valence-electron chi connectivity index (χ2n) is 5.10. The molecule has 0 saturated carbocycles. The molecule has 2 aromatic rings. The van der Waals surface area contributed by atoms with E-state index >= 15 is 0 Å². The number of hydrogen-bond donors (Lipinski definition) is 2. The molecular weight excluding hydrogens is 236 g/mol. The molecule has 0 spiro atoms. The van der Waals surface area contributed by atoms with Crippen molar-refractivity contribution in [3.8, 4) is 0 Å². The molecule has 0 aliphatic carbocycles. The SMILES string of the molecule is NC(=NCc1cc2ccccc2[nH]1)N1CCCCC1. The van der Waals surface area contributed by atoms with Gasteiger partial charge in [0.2, 0.25) is 0 Å². The Labute approximate surface area is 113 Å². The maximum atomic E-state index is 6.05. The number of aromatic nitrogens is 1. The van der Waals surface area contributed by atoms with Gasteiger partial charge in [-0.15, -0.1) is 0 Å². The van der Waals surface area contributed by atoms with Crippen LogP contribution in [-0.4, -0.2) is 28.9 Å². The van der Waals surface area contributed by atoms with Crippen molar-refractivity contribution in [2.75, 3.05) is 13.1 Å². The molecule has 2 heterocycles. The molecule has 19 heavy (non-hydrogen) atoms. The van der Waals surface area contributed by atoms with Crippen LogP contribution in [0.25, 0.3) is 10.9 Å². The smallest absolute Gasteiger partial charge is 0.191 e. The number of nitrogens with two attached hydrogens (primary N) is 1. The van der Waals surface area contributed by atoms with Gasteiger partial charge in [-0.1, -0.05) is 18.2 Å². The normalized spacial score (nSPS) is 17.1. The number of likely N-dealkylation sites (tertiary alicyclic amines) is 1. The first-order chi connectivity index (χ1) is 9.33. The van der Waals surface area contributed by atoms with Gasteiger partial charge in [-0.3, -0.25) is 0 Å². The van der Waals surface area contributed by atoms with Crippen LogP contribution >= 0.6 is 0 Å². The van der Waals surface area contributed by atoms with Crippen LogP contribution in [-0.2, 0) is 6.54 Å². The van der Waals surface area contributed by atoms with Crippen molar-refractivity contribution in [2.45, 2.75) is 25.8 Å². The lowest BCUT2D eigenvalue weighted by atomic mass is 10.1. The number of benzene rings is 1. The number of fused-ring (bicyclic) bond motifs is 1. The fraction of sp³-hybridized carbons (Fsp3) is 0.400. The Kier molecular flexibility index (Phi) is 3.40. The summed E-state index contributed by atoms with van der Waals surface area (Å²) in [6, 6.07) is 10.4. The van der Waals surface area contributed by atoms with E-state index in [0.29, 0.717) is 12.5 Å². The van der Waals surface area contributed by atoms with Crippen LogP contribution in [0.1, 0.15) is 25.0 Å². The number of nitrogens with zero attached hydrogens (tertiary/aromatic N) is 2. The predicted octanol–water partition coefficient (Wildman–Crippen LogP) is 2.47. The number of hydrogen-bond acceptors (Lipinski definition) is 1. The molecule has 1 aliphatic rings. The zero-order valence-corrected chi connectivity index (χ0v) is 11.1. The van der Waals surface area contributed by atoms with Crippen LogP contribution in [0.15, 0.2) is 35.3 Å². The summed E-state index contributed by atoms with van der Waals surface area (Å²) in [5.41, 5.74) is 8.32. The Morgan fingerprint density at radius 2 is 2.00 bits per heavy atom. The number of aromatic amines is 1. The van der Waals surface area contributed by atoms with E-state index < -0.39 is 0 Å². The molecule has 0 bridgehead atoms. The lowest BCUT2D eigenvalue weighted by molar-refractivity contribution is 0.338. The topological polar surface area (TPSA) is 57.4 Å². The molecule has 1 saturated heterocycles. The summed E-state index contributed by atoms with van der Waals surface area (Å²) in [6.07, 6.45) is 3.76. The summed E-state index contributed by atoms with van der Waals surface area (Å²) in [7, 11) is 0. The maximum Gasteiger partial charge on any atom is 0.191 e. The van der Waals surface area contributed by atoms with Crippen molar-refractivity contribution in [2.24, 2.45) is 10.7 Å². The van der Waals surface area contributed by atoms with Crippen LogP contribution in [0.2, 0.25) is 0 Å².